The zero-order valence-electron chi connectivity index (χ0n) is 4.87. The van der Waals surface area contributed by atoms with Gasteiger partial charge in [-0.15, -0.1) is 11.3 Å². The molecule has 0 fully saturated rings. The molecule has 0 saturated heterocycles. The van der Waals surface area contributed by atoms with Crippen molar-refractivity contribution < 1.29 is 0 Å². The van der Waals surface area contributed by atoms with Gasteiger partial charge in [0.2, 0.25) is 0 Å². The van der Waals surface area contributed by atoms with Gasteiger partial charge in [-0.3, -0.25) is 5.84 Å². The molecular formula is C5H9N3S. The summed E-state index contributed by atoms with van der Waals surface area (Å²) in [6.07, 6.45) is -0.218. The third-order valence-electron chi connectivity index (χ3n) is 1.03. The van der Waals surface area contributed by atoms with Crippen molar-refractivity contribution in [1.29, 1.82) is 0 Å². The van der Waals surface area contributed by atoms with Crippen LogP contribution in [-0.4, -0.2) is 0 Å². The Balaban J connectivity index is 2.65. The summed E-state index contributed by atoms with van der Waals surface area (Å²) < 4.78 is 0. The number of hydrazine groups is 1. The maximum absolute atomic E-state index is 5.51. The van der Waals surface area contributed by atoms with Gasteiger partial charge in [0.05, 0.1) is 0 Å². The second kappa shape index (κ2) is 2.93. The van der Waals surface area contributed by atoms with E-state index in [0.29, 0.717) is 0 Å². The average molecular weight is 143 g/mol. The molecule has 5 N–H and O–H groups in total. The number of nitrogens with two attached hydrogens (primary N) is 2. The highest BCUT2D eigenvalue weighted by molar-refractivity contribution is 7.10. The van der Waals surface area contributed by atoms with Gasteiger partial charge < -0.3 is 5.73 Å². The van der Waals surface area contributed by atoms with Gasteiger partial charge in [0.25, 0.3) is 0 Å². The van der Waals surface area contributed by atoms with Crippen molar-refractivity contribution in [1.82, 2.24) is 5.43 Å². The lowest BCUT2D eigenvalue weighted by molar-refractivity contribution is 0.586. The molecule has 9 heavy (non-hydrogen) atoms. The first-order valence-electron chi connectivity index (χ1n) is 2.59. The quantitative estimate of drug-likeness (QED) is 0.314. The molecule has 4 heteroatoms. The van der Waals surface area contributed by atoms with E-state index in [9.17, 15) is 0 Å². The molecule has 0 aliphatic carbocycles. The molecule has 0 aliphatic heterocycles. The van der Waals surface area contributed by atoms with Gasteiger partial charge >= 0.3 is 0 Å². The first-order valence-corrected chi connectivity index (χ1v) is 3.47. The van der Waals surface area contributed by atoms with Crippen LogP contribution in [0.1, 0.15) is 11.0 Å². The maximum Gasteiger partial charge on any atom is 0.103 e. The predicted octanol–water partition coefficient (Wildman–Crippen LogP) is 0.169. The fourth-order valence-corrected chi connectivity index (χ4v) is 1.24. The second-order valence-corrected chi connectivity index (χ2v) is 2.64. The molecule has 0 amide bonds. The van der Waals surface area contributed by atoms with E-state index in [1.165, 1.54) is 0 Å². The number of nitrogens with one attached hydrogen (secondary N) is 1. The van der Waals surface area contributed by atoms with Gasteiger partial charge in [0.15, 0.2) is 0 Å². The highest BCUT2D eigenvalue weighted by atomic mass is 32.1. The third-order valence-corrected chi connectivity index (χ3v) is 1.98. The number of rotatable bonds is 2. The minimum absolute atomic E-state index is 0.218. The fourth-order valence-electron chi connectivity index (χ4n) is 0.550. The Morgan fingerprint density at radius 2 is 2.44 bits per heavy atom. The average Bonchev–Trinajstić information content (AvgIpc) is 2.37. The van der Waals surface area contributed by atoms with E-state index < -0.39 is 0 Å². The Labute approximate surface area is 57.6 Å². The molecule has 0 radical (unpaired) electrons. The number of thiophene rings is 1. The van der Waals surface area contributed by atoms with Gasteiger partial charge in [0.1, 0.15) is 6.17 Å². The molecule has 0 saturated carbocycles. The van der Waals surface area contributed by atoms with E-state index in [1.807, 2.05) is 17.5 Å². The lowest BCUT2D eigenvalue weighted by Crippen LogP contribution is -2.33. The van der Waals surface area contributed by atoms with Crippen molar-refractivity contribution in [2.24, 2.45) is 11.6 Å². The summed E-state index contributed by atoms with van der Waals surface area (Å²) in [6, 6.07) is 3.88. The van der Waals surface area contributed by atoms with Gasteiger partial charge in [-0.25, -0.2) is 5.43 Å². The summed E-state index contributed by atoms with van der Waals surface area (Å²) in [5, 5.41) is 1.96. The smallest absolute Gasteiger partial charge is 0.103 e. The van der Waals surface area contributed by atoms with Gasteiger partial charge in [0, 0.05) is 4.88 Å². The predicted molar refractivity (Wildman–Crippen MR) is 38.6 cm³/mol. The Bertz CT molecular complexity index is 161. The second-order valence-electron chi connectivity index (χ2n) is 1.66. The van der Waals surface area contributed by atoms with Crippen LogP contribution in [0.5, 0.6) is 0 Å². The highest BCUT2D eigenvalue weighted by Crippen LogP contribution is 2.12. The summed E-state index contributed by atoms with van der Waals surface area (Å²) in [7, 11) is 0. The summed E-state index contributed by atoms with van der Waals surface area (Å²) in [5.41, 5.74) is 7.97. The Morgan fingerprint density at radius 1 is 1.67 bits per heavy atom. The Hall–Kier alpha value is -0.420. The maximum atomic E-state index is 5.51. The Morgan fingerprint density at radius 3 is 2.89 bits per heavy atom. The normalized spacial score (nSPS) is 13.6. The molecule has 1 aromatic heterocycles. The third kappa shape index (κ3) is 1.49. The molecule has 0 bridgehead atoms. The van der Waals surface area contributed by atoms with Crippen molar-refractivity contribution in [3.63, 3.8) is 0 Å². The molecule has 1 atom stereocenters. The van der Waals surface area contributed by atoms with Gasteiger partial charge in [-0.2, -0.15) is 0 Å². The Kier molecular flexibility index (Phi) is 2.18. The van der Waals surface area contributed by atoms with Crippen LogP contribution in [0.2, 0.25) is 0 Å². The monoisotopic (exact) mass is 143 g/mol. The van der Waals surface area contributed by atoms with E-state index in [1.54, 1.807) is 11.3 Å². The van der Waals surface area contributed by atoms with E-state index >= 15 is 0 Å². The standard InChI is InChI=1S/C5H9N3S/c6-5(8-7)4-2-1-3-9-4/h1-3,5,8H,6-7H2. The lowest BCUT2D eigenvalue weighted by Gasteiger charge is -2.04. The van der Waals surface area contributed by atoms with Crippen LogP contribution < -0.4 is 17.0 Å². The lowest BCUT2D eigenvalue weighted by atomic mass is 10.4. The molecule has 0 aromatic carbocycles. The largest absolute Gasteiger partial charge is 0.310 e. The van der Waals surface area contributed by atoms with Crippen LogP contribution in [0.4, 0.5) is 0 Å². The zero-order chi connectivity index (χ0) is 6.69. The van der Waals surface area contributed by atoms with Crippen LogP contribution in [0.25, 0.3) is 0 Å². The molecule has 1 unspecified atom stereocenters. The molecule has 50 valence electrons. The van der Waals surface area contributed by atoms with Crippen molar-refractivity contribution >= 4 is 11.3 Å². The van der Waals surface area contributed by atoms with Crippen molar-refractivity contribution in [2.75, 3.05) is 0 Å². The van der Waals surface area contributed by atoms with Crippen molar-refractivity contribution in [3.8, 4) is 0 Å². The first kappa shape index (κ1) is 6.70. The van der Waals surface area contributed by atoms with Crippen molar-refractivity contribution in [2.45, 2.75) is 6.17 Å². The summed E-state index contributed by atoms with van der Waals surface area (Å²) >= 11 is 1.59. The highest BCUT2D eigenvalue weighted by Gasteiger charge is 2.00. The molecular weight excluding hydrogens is 134 g/mol. The molecule has 3 nitrogen and oxygen atoms in total. The molecule has 0 spiro atoms. The molecule has 0 aliphatic rings. The summed E-state index contributed by atoms with van der Waals surface area (Å²) in [4.78, 5) is 1.05. The topological polar surface area (TPSA) is 64.1 Å². The first-order chi connectivity index (χ1) is 4.34. The van der Waals surface area contributed by atoms with E-state index in [2.05, 4.69) is 5.43 Å². The van der Waals surface area contributed by atoms with Crippen LogP contribution in [0.15, 0.2) is 17.5 Å². The van der Waals surface area contributed by atoms with E-state index in [0.717, 1.165) is 4.88 Å². The minimum Gasteiger partial charge on any atom is -0.310 e. The van der Waals surface area contributed by atoms with Crippen LogP contribution in [0.3, 0.4) is 0 Å². The summed E-state index contributed by atoms with van der Waals surface area (Å²) in [6.45, 7) is 0. The van der Waals surface area contributed by atoms with Crippen LogP contribution >= 0.6 is 11.3 Å². The minimum atomic E-state index is -0.218. The number of hydrogen-bond acceptors (Lipinski definition) is 4. The molecule has 1 heterocycles. The van der Waals surface area contributed by atoms with Crippen molar-refractivity contribution in [3.05, 3.63) is 22.4 Å². The van der Waals surface area contributed by atoms with Gasteiger partial charge in [-0.05, 0) is 11.4 Å². The number of hydrogen-bond donors (Lipinski definition) is 3. The molecule has 1 rings (SSSR count). The fraction of sp³-hybridized carbons (Fsp3) is 0.200. The summed E-state index contributed by atoms with van der Waals surface area (Å²) in [5.74, 6) is 5.09. The van der Waals surface area contributed by atoms with Gasteiger partial charge in [-0.1, -0.05) is 6.07 Å². The zero-order valence-corrected chi connectivity index (χ0v) is 5.69. The van der Waals surface area contributed by atoms with E-state index in [4.69, 9.17) is 11.6 Å². The molecule has 1 aromatic rings. The SMILES string of the molecule is NNC(N)c1cccs1. The van der Waals surface area contributed by atoms with E-state index in [-0.39, 0.29) is 6.17 Å². The van der Waals surface area contributed by atoms with Crippen LogP contribution in [-0.2, 0) is 0 Å². The van der Waals surface area contributed by atoms with Crippen LogP contribution in [0, 0.1) is 0 Å².